The second-order valence-electron chi connectivity index (χ2n) is 4.92. The standard InChI is InChI=1S/C12H19ClN4O2/c1-8-6-9(14)2-3-16(8)10-7-15-17(4-5-18)12(19)11(10)13/h7-9,18H,2-6,14H2,1H3. The number of aromatic nitrogens is 2. The van der Waals surface area contributed by atoms with Gasteiger partial charge in [-0.15, -0.1) is 0 Å². The second-order valence-corrected chi connectivity index (χ2v) is 5.30. The van der Waals surface area contributed by atoms with Gasteiger partial charge in [0.2, 0.25) is 0 Å². The largest absolute Gasteiger partial charge is 0.394 e. The molecule has 0 amide bonds. The fraction of sp³-hybridized carbons (Fsp3) is 0.667. The van der Waals surface area contributed by atoms with E-state index in [1.165, 1.54) is 4.68 Å². The van der Waals surface area contributed by atoms with E-state index in [1.54, 1.807) is 6.20 Å². The van der Waals surface area contributed by atoms with Gasteiger partial charge in [0.1, 0.15) is 5.02 Å². The maximum absolute atomic E-state index is 12.0. The van der Waals surface area contributed by atoms with E-state index in [1.807, 2.05) is 0 Å². The smallest absolute Gasteiger partial charge is 0.287 e. The Labute approximate surface area is 116 Å². The summed E-state index contributed by atoms with van der Waals surface area (Å²) in [4.78, 5) is 14.1. The van der Waals surface area contributed by atoms with Crippen LogP contribution >= 0.6 is 11.6 Å². The highest BCUT2D eigenvalue weighted by molar-refractivity contribution is 6.33. The van der Waals surface area contributed by atoms with Gasteiger partial charge in [0.15, 0.2) is 0 Å². The van der Waals surface area contributed by atoms with E-state index in [-0.39, 0.29) is 35.8 Å². The number of piperidine rings is 1. The monoisotopic (exact) mass is 286 g/mol. The molecule has 0 aromatic carbocycles. The van der Waals surface area contributed by atoms with Gasteiger partial charge >= 0.3 is 0 Å². The van der Waals surface area contributed by atoms with Crippen molar-refractivity contribution in [2.45, 2.75) is 38.4 Å². The molecule has 1 saturated heterocycles. The molecule has 7 heteroatoms. The molecule has 0 aliphatic carbocycles. The first-order valence-corrected chi connectivity index (χ1v) is 6.81. The number of aliphatic hydroxyl groups excluding tert-OH is 1. The average molecular weight is 287 g/mol. The van der Waals surface area contributed by atoms with Crippen molar-refractivity contribution in [2.75, 3.05) is 18.1 Å². The molecule has 0 radical (unpaired) electrons. The van der Waals surface area contributed by atoms with Crippen molar-refractivity contribution < 1.29 is 5.11 Å². The Balaban J connectivity index is 2.31. The van der Waals surface area contributed by atoms with Gasteiger partial charge in [-0.05, 0) is 19.8 Å². The van der Waals surface area contributed by atoms with Crippen LogP contribution in [0.5, 0.6) is 0 Å². The summed E-state index contributed by atoms with van der Waals surface area (Å²) < 4.78 is 1.17. The second kappa shape index (κ2) is 5.90. The van der Waals surface area contributed by atoms with E-state index in [0.717, 1.165) is 19.4 Å². The summed E-state index contributed by atoms with van der Waals surface area (Å²) in [5.41, 5.74) is 6.22. The number of aliphatic hydroxyl groups is 1. The van der Waals surface area contributed by atoms with Crippen LogP contribution in [0.25, 0.3) is 0 Å². The first-order valence-electron chi connectivity index (χ1n) is 6.43. The molecule has 106 valence electrons. The zero-order valence-electron chi connectivity index (χ0n) is 10.9. The predicted octanol–water partition coefficient (Wildman–Crippen LogP) is 0.205. The first kappa shape index (κ1) is 14.3. The van der Waals surface area contributed by atoms with Crippen LogP contribution in [-0.4, -0.2) is 40.1 Å². The van der Waals surface area contributed by atoms with Gasteiger partial charge in [-0.2, -0.15) is 5.10 Å². The van der Waals surface area contributed by atoms with Crippen LogP contribution in [0.2, 0.25) is 5.02 Å². The van der Waals surface area contributed by atoms with Crippen LogP contribution in [0, 0.1) is 0 Å². The molecule has 0 spiro atoms. The Bertz CT molecular complexity index is 505. The minimum absolute atomic E-state index is 0.141. The topological polar surface area (TPSA) is 84.4 Å². The lowest BCUT2D eigenvalue weighted by molar-refractivity contribution is 0.266. The number of hydrogen-bond acceptors (Lipinski definition) is 5. The van der Waals surface area contributed by atoms with Gasteiger partial charge in [0, 0.05) is 18.6 Å². The summed E-state index contributed by atoms with van der Waals surface area (Å²) in [7, 11) is 0. The molecule has 0 saturated carbocycles. The Morgan fingerprint density at radius 1 is 1.63 bits per heavy atom. The number of hydrogen-bond donors (Lipinski definition) is 2. The van der Waals surface area contributed by atoms with Crippen LogP contribution < -0.4 is 16.2 Å². The third-order valence-corrected chi connectivity index (χ3v) is 3.86. The van der Waals surface area contributed by atoms with E-state index in [9.17, 15) is 4.79 Å². The SMILES string of the molecule is CC1CC(N)CCN1c1cnn(CCO)c(=O)c1Cl. The normalized spacial score (nSPS) is 23.7. The molecular formula is C12H19ClN4O2. The van der Waals surface area contributed by atoms with Crippen molar-refractivity contribution in [2.24, 2.45) is 5.73 Å². The summed E-state index contributed by atoms with van der Waals surface area (Å²) in [6, 6.07) is 0.434. The zero-order valence-corrected chi connectivity index (χ0v) is 11.7. The molecule has 2 heterocycles. The van der Waals surface area contributed by atoms with E-state index in [0.29, 0.717) is 5.69 Å². The minimum atomic E-state index is -0.365. The molecule has 6 nitrogen and oxygen atoms in total. The summed E-state index contributed by atoms with van der Waals surface area (Å²) in [5.74, 6) is 0. The van der Waals surface area contributed by atoms with Gasteiger partial charge in [-0.3, -0.25) is 4.79 Å². The van der Waals surface area contributed by atoms with E-state index >= 15 is 0 Å². The predicted molar refractivity (Wildman–Crippen MR) is 74.6 cm³/mol. The van der Waals surface area contributed by atoms with Crippen LogP contribution in [0.1, 0.15) is 19.8 Å². The molecule has 1 aliphatic heterocycles. The number of nitrogens with two attached hydrogens (primary N) is 1. The van der Waals surface area contributed by atoms with Crippen LogP contribution in [0.15, 0.2) is 11.0 Å². The highest BCUT2D eigenvalue weighted by Gasteiger charge is 2.26. The maximum atomic E-state index is 12.0. The van der Waals surface area contributed by atoms with Gasteiger partial charge in [-0.1, -0.05) is 11.6 Å². The van der Waals surface area contributed by atoms with Crippen molar-refractivity contribution in [1.82, 2.24) is 9.78 Å². The summed E-state index contributed by atoms with van der Waals surface area (Å²) in [6.45, 7) is 2.85. The first-order chi connectivity index (χ1) is 9.04. The van der Waals surface area contributed by atoms with Crippen molar-refractivity contribution in [3.05, 3.63) is 21.6 Å². The number of rotatable bonds is 3. The highest BCUT2D eigenvalue weighted by Crippen LogP contribution is 2.27. The molecule has 2 atom stereocenters. The third kappa shape index (κ3) is 2.91. The maximum Gasteiger partial charge on any atom is 0.287 e. The van der Waals surface area contributed by atoms with Crippen LogP contribution in [-0.2, 0) is 6.54 Å². The highest BCUT2D eigenvalue weighted by atomic mass is 35.5. The molecule has 2 unspecified atom stereocenters. The molecule has 0 bridgehead atoms. The third-order valence-electron chi connectivity index (χ3n) is 3.50. The van der Waals surface area contributed by atoms with Gasteiger partial charge < -0.3 is 15.7 Å². The van der Waals surface area contributed by atoms with Gasteiger partial charge in [0.05, 0.1) is 25.0 Å². The number of nitrogens with zero attached hydrogens (tertiary/aromatic N) is 3. The molecule has 1 aliphatic rings. The quantitative estimate of drug-likeness (QED) is 0.829. The lowest BCUT2D eigenvalue weighted by Crippen LogP contribution is -2.46. The van der Waals surface area contributed by atoms with Crippen LogP contribution in [0.3, 0.4) is 0 Å². The fourth-order valence-electron chi connectivity index (χ4n) is 2.48. The zero-order chi connectivity index (χ0) is 14.0. The summed E-state index contributed by atoms with van der Waals surface area (Å²) >= 11 is 6.14. The Hall–Kier alpha value is -1.11. The van der Waals surface area contributed by atoms with Gasteiger partial charge in [0.25, 0.3) is 5.56 Å². The minimum Gasteiger partial charge on any atom is -0.394 e. The number of anilines is 1. The lowest BCUT2D eigenvalue weighted by atomic mass is 9.99. The molecule has 2 rings (SSSR count). The van der Waals surface area contributed by atoms with Crippen molar-refractivity contribution in [1.29, 1.82) is 0 Å². The molecule has 1 aromatic rings. The fourth-order valence-corrected chi connectivity index (χ4v) is 2.73. The van der Waals surface area contributed by atoms with E-state index in [2.05, 4.69) is 16.9 Å². The molecule has 1 aromatic heterocycles. The molecule has 19 heavy (non-hydrogen) atoms. The molecule has 3 N–H and O–H groups in total. The Morgan fingerprint density at radius 3 is 3.00 bits per heavy atom. The number of halogens is 1. The van der Waals surface area contributed by atoms with E-state index < -0.39 is 0 Å². The van der Waals surface area contributed by atoms with Crippen molar-refractivity contribution in [3.8, 4) is 0 Å². The lowest BCUT2D eigenvalue weighted by Gasteiger charge is -2.38. The molecule has 1 fully saturated rings. The summed E-state index contributed by atoms with van der Waals surface area (Å²) in [5, 5.41) is 13.1. The van der Waals surface area contributed by atoms with Crippen molar-refractivity contribution in [3.63, 3.8) is 0 Å². The van der Waals surface area contributed by atoms with E-state index in [4.69, 9.17) is 22.4 Å². The summed E-state index contributed by atoms with van der Waals surface area (Å²) in [6.07, 6.45) is 3.34. The molecular weight excluding hydrogens is 268 g/mol. The Morgan fingerprint density at radius 2 is 2.37 bits per heavy atom. The Kier molecular flexibility index (Phi) is 4.44. The van der Waals surface area contributed by atoms with Crippen LogP contribution in [0.4, 0.5) is 5.69 Å². The average Bonchev–Trinajstić information content (AvgIpc) is 2.37. The van der Waals surface area contributed by atoms with Crippen molar-refractivity contribution >= 4 is 17.3 Å². The van der Waals surface area contributed by atoms with Gasteiger partial charge in [-0.25, -0.2) is 4.68 Å².